The van der Waals surface area contributed by atoms with Gasteiger partial charge in [-0.25, -0.2) is 0 Å². The molecule has 2 aliphatic heterocycles. The van der Waals surface area contributed by atoms with Gasteiger partial charge in [0.05, 0.1) is 6.10 Å². The molecule has 0 spiro atoms. The third-order valence-corrected chi connectivity index (χ3v) is 3.16. The van der Waals surface area contributed by atoms with Crippen LogP contribution in [0.5, 0.6) is 0 Å². The second-order valence-corrected chi connectivity index (χ2v) is 4.13. The van der Waals surface area contributed by atoms with Crippen molar-refractivity contribution in [3.8, 4) is 0 Å². The summed E-state index contributed by atoms with van der Waals surface area (Å²) < 4.78 is 0. The van der Waals surface area contributed by atoms with Crippen molar-refractivity contribution >= 4 is 0 Å². The third-order valence-electron chi connectivity index (χ3n) is 3.16. The van der Waals surface area contributed by atoms with Crippen molar-refractivity contribution in [2.24, 2.45) is 0 Å². The van der Waals surface area contributed by atoms with Crippen LogP contribution < -0.4 is 5.32 Å². The summed E-state index contributed by atoms with van der Waals surface area (Å²) in [5.41, 5.74) is 0. The predicted octanol–water partition coefficient (Wildman–Crippen LogP) is -1.43. The average Bonchev–Trinajstić information content (AvgIpc) is 2.53. The molecule has 0 aromatic heterocycles. The highest BCUT2D eigenvalue weighted by Gasteiger charge is 2.31. The number of rotatable bonds is 1. The topological polar surface area (TPSA) is 38.7 Å². The molecule has 0 radical (unpaired) electrons. The Balaban J connectivity index is 1.86. The fraction of sp³-hybridized carbons (Fsp3) is 1.00. The zero-order valence-corrected chi connectivity index (χ0v) is 8.24. The Labute approximate surface area is 79.5 Å². The molecule has 2 aliphatic rings. The van der Waals surface area contributed by atoms with Gasteiger partial charge in [0.1, 0.15) is 0 Å². The number of likely N-dealkylation sites (N-methyl/N-ethyl adjacent to an activating group) is 1. The summed E-state index contributed by atoms with van der Waals surface area (Å²) in [6.07, 6.45) is -0.164. The van der Waals surface area contributed by atoms with E-state index in [4.69, 9.17) is 0 Å². The van der Waals surface area contributed by atoms with Crippen molar-refractivity contribution in [1.29, 1.82) is 0 Å². The summed E-state index contributed by atoms with van der Waals surface area (Å²) in [4.78, 5) is 4.75. The molecule has 76 valence electrons. The van der Waals surface area contributed by atoms with E-state index in [0.717, 1.165) is 39.3 Å². The van der Waals surface area contributed by atoms with Crippen LogP contribution in [0.15, 0.2) is 0 Å². The van der Waals surface area contributed by atoms with E-state index in [0.29, 0.717) is 6.04 Å². The van der Waals surface area contributed by atoms with E-state index in [1.54, 1.807) is 0 Å². The molecule has 4 nitrogen and oxygen atoms in total. The van der Waals surface area contributed by atoms with Gasteiger partial charge in [-0.15, -0.1) is 0 Å². The number of nitrogens with zero attached hydrogens (tertiary/aromatic N) is 2. The lowest BCUT2D eigenvalue weighted by Gasteiger charge is -2.37. The zero-order chi connectivity index (χ0) is 9.26. The maximum atomic E-state index is 9.69. The smallest absolute Gasteiger partial charge is 0.0831 e. The second-order valence-electron chi connectivity index (χ2n) is 4.13. The van der Waals surface area contributed by atoms with Gasteiger partial charge < -0.3 is 15.3 Å². The lowest BCUT2D eigenvalue weighted by Crippen LogP contribution is -2.52. The van der Waals surface area contributed by atoms with Crippen LogP contribution in [0.3, 0.4) is 0 Å². The molecule has 2 heterocycles. The number of aliphatic hydroxyl groups excluding tert-OH is 1. The van der Waals surface area contributed by atoms with Crippen LogP contribution in [0.25, 0.3) is 0 Å². The van der Waals surface area contributed by atoms with Crippen LogP contribution in [-0.2, 0) is 0 Å². The monoisotopic (exact) mass is 185 g/mol. The molecule has 2 saturated heterocycles. The van der Waals surface area contributed by atoms with Gasteiger partial charge in [0.2, 0.25) is 0 Å². The molecule has 0 aliphatic carbocycles. The Morgan fingerprint density at radius 1 is 1.15 bits per heavy atom. The molecular weight excluding hydrogens is 166 g/mol. The van der Waals surface area contributed by atoms with Crippen LogP contribution >= 0.6 is 0 Å². The Morgan fingerprint density at radius 3 is 2.38 bits per heavy atom. The first-order valence-corrected chi connectivity index (χ1v) is 5.09. The molecule has 2 atom stereocenters. The molecule has 0 amide bonds. The Kier molecular flexibility index (Phi) is 2.83. The normalized spacial score (nSPS) is 38.3. The van der Waals surface area contributed by atoms with Crippen LogP contribution in [0.1, 0.15) is 0 Å². The molecule has 0 aromatic carbocycles. The van der Waals surface area contributed by atoms with Gasteiger partial charge in [-0.05, 0) is 7.05 Å². The van der Waals surface area contributed by atoms with E-state index in [9.17, 15) is 5.11 Å². The van der Waals surface area contributed by atoms with Gasteiger partial charge in [0.25, 0.3) is 0 Å². The van der Waals surface area contributed by atoms with E-state index in [1.807, 2.05) is 0 Å². The van der Waals surface area contributed by atoms with Gasteiger partial charge in [-0.1, -0.05) is 0 Å². The fourth-order valence-corrected chi connectivity index (χ4v) is 2.18. The minimum atomic E-state index is -0.164. The van der Waals surface area contributed by atoms with Crippen molar-refractivity contribution in [3.63, 3.8) is 0 Å². The highest BCUT2D eigenvalue weighted by molar-refractivity contribution is 4.90. The molecule has 0 unspecified atom stereocenters. The quantitative estimate of drug-likeness (QED) is 0.525. The minimum Gasteiger partial charge on any atom is -0.390 e. The molecule has 0 bridgehead atoms. The third kappa shape index (κ3) is 2.02. The zero-order valence-electron chi connectivity index (χ0n) is 8.24. The number of piperazine rings is 1. The molecule has 13 heavy (non-hydrogen) atoms. The van der Waals surface area contributed by atoms with Crippen molar-refractivity contribution < 1.29 is 5.11 Å². The Hall–Kier alpha value is -0.160. The van der Waals surface area contributed by atoms with Crippen molar-refractivity contribution in [2.75, 3.05) is 46.3 Å². The van der Waals surface area contributed by atoms with Gasteiger partial charge >= 0.3 is 0 Å². The predicted molar refractivity (Wildman–Crippen MR) is 51.7 cm³/mol. The Morgan fingerprint density at radius 2 is 1.85 bits per heavy atom. The van der Waals surface area contributed by atoms with E-state index >= 15 is 0 Å². The number of aliphatic hydroxyl groups is 1. The van der Waals surface area contributed by atoms with E-state index < -0.39 is 0 Å². The average molecular weight is 185 g/mol. The summed E-state index contributed by atoms with van der Waals surface area (Å²) >= 11 is 0. The number of nitrogens with one attached hydrogen (secondary N) is 1. The molecule has 4 heteroatoms. The van der Waals surface area contributed by atoms with E-state index in [2.05, 4.69) is 22.2 Å². The molecule has 0 saturated carbocycles. The van der Waals surface area contributed by atoms with Crippen LogP contribution in [0, 0.1) is 0 Å². The van der Waals surface area contributed by atoms with Gasteiger partial charge in [0.15, 0.2) is 0 Å². The summed E-state index contributed by atoms with van der Waals surface area (Å²) in [7, 11) is 2.15. The standard InChI is InChI=1S/C9H19N3O/c1-11-2-4-12(5-3-11)8-6-10-7-9(8)13/h8-10,13H,2-7H2,1H3/t8-,9+/m1/s1. The lowest BCUT2D eigenvalue weighted by molar-refractivity contribution is 0.0512. The molecular formula is C9H19N3O. The van der Waals surface area contributed by atoms with Crippen LogP contribution in [0.4, 0.5) is 0 Å². The maximum Gasteiger partial charge on any atom is 0.0831 e. The van der Waals surface area contributed by atoms with Crippen molar-refractivity contribution in [1.82, 2.24) is 15.1 Å². The highest BCUT2D eigenvalue weighted by Crippen LogP contribution is 2.11. The molecule has 0 aromatic rings. The Bertz CT molecular complexity index is 168. The lowest BCUT2D eigenvalue weighted by atomic mass is 10.1. The first-order valence-electron chi connectivity index (χ1n) is 5.09. The highest BCUT2D eigenvalue weighted by atomic mass is 16.3. The number of hydrogen-bond acceptors (Lipinski definition) is 4. The SMILES string of the molecule is CN1CCN([C@@H]2CNC[C@@H]2O)CC1. The van der Waals surface area contributed by atoms with E-state index in [1.165, 1.54) is 0 Å². The number of hydrogen-bond donors (Lipinski definition) is 2. The summed E-state index contributed by atoms with van der Waals surface area (Å²) in [6.45, 7) is 6.16. The van der Waals surface area contributed by atoms with Gasteiger partial charge in [-0.3, -0.25) is 4.90 Å². The van der Waals surface area contributed by atoms with Crippen molar-refractivity contribution in [2.45, 2.75) is 12.1 Å². The number of β-amino-alcohol motifs (C(OH)–C–C–N with tert-alkyl or cyclic N) is 1. The molecule has 2 fully saturated rings. The van der Waals surface area contributed by atoms with Crippen molar-refractivity contribution in [3.05, 3.63) is 0 Å². The van der Waals surface area contributed by atoms with E-state index in [-0.39, 0.29) is 6.10 Å². The first-order chi connectivity index (χ1) is 6.27. The second kappa shape index (κ2) is 3.92. The fourth-order valence-electron chi connectivity index (χ4n) is 2.18. The maximum absolute atomic E-state index is 9.69. The summed E-state index contributed by atoms with van der Waals surface area (Å²) in [6, 6.07) is 0.355. The largest absolute Gasteiger partial charge is 0.390 e. The van der Waals surface area contributed by atoms with Gasteiger partial charge in [0, 0.05) is 45.3 Å². The molecule has 2 N–H and O–H groups in total. The van der Waals surface area contributed by atoms with Crippen LogP contribution in [-0.4, -0.2) is 73.4 Å². The summed E-state index contributed by atoms with van der Waals surface area (Å²) in [5, 5.41) is 12.9. The van der Waals surface area contributed by atoms with Crippen LogP contribution in [0.2, 0.25) is 0 Å². The molecule has 2 rings (SSSR count). The first kappa shape index (κ1) is 9.40. The van der Waals surface area contributed by atoms with Gasteiger partial charge in [-0.2, -0.15) is 0 Å². The minimum absolute atomic E-state index is 0.164. The summed E-state index contributed by atoms with van der Waals surface area (Å²) in [5.74, 6) is 0.